The molecule has 0 spiro atoms. The molecule has 0 bridgehead atoms. The first-order chi connectivity index (χ1) is 12.5. The fourth-order valence-corrected chi connectivity index (χ4v) is 2.43. The van der Waals surface area contributed by atoms with Gasteiger partial charge in [0.05, 0.1) is 18.1 Å². The van der Waals surface area contributed by atoms with Gasteiger partial charge in [-0.2, -0.15) is 0 Å². The number of nitrogens with one attached hydrogen (secondary N) is 1. The molecule has 0 fully saturated rings. The maximum absolute atomic E-state index is 12.2. The number of benzene rings is 2. The number of hydrogen-bond donors (Lipinski definition) is 1. The molecule has 0 radical (unpaired) electrons. The molecule has 0 aromatic heterocycles. The Morgan fingerprint density at radius 1 is 1.04 bits per heavy atom. The Bertz CT molecular complexity index is 870. The lowest BCUT2D eigenvalue weighted by atomic mass is 10.0. The number of esters is 1. The van der Waals surface area contributed by atoms with E-state index >= 15 is 0 Å². The van der Waals surface area contributed by atoms with E-state index in [-0.39, 0.29) is 18.9 Å². The van der Waals surface area contributed by atoms with E-state index in [1.54, 1.807) is 31.2 Å². The topological polar surface area (TPSA) is 108 Å². The first kappa shape index (κ1) is 18.9. The third-order valence-corrected chi connectivity index (χ3v) is 3.45. The summed E-state index contributed by atoms with van der Waals surface area (Å²) < 4.78 is 9.61. The molecule has 2 aromatic carbocycles. The van der Waals surface area contributed by atoms with Crippen molar-refractivity contribution in [2.45, 2.75) is 13.8 Å². The monoisotopic (exact) mass is 358 g/mol. The molecule has 0 atom stereocenters. The minimum Gasteiger partial charge on any atom is -0.458 e. The van der Waals surface area contributed by atoms with Crippen LogP contribution in [0.1, 0.15) is 19.4 Å². The van der Waals surface area contributed by atoms with Crippen LogP contribution in [0.4, 0.5) is 4.79 Å². The Labute approximate surface area is 149 Å². The second-order valence-electron chi connectivity index (χ2n) is 5.07. The van der Waals surface area contributed by atoms with E-state index in [1.807, 2.05) is 18.2 Å². The van der Waals surface area contributed by atoms with Crippen LogP contribution in [0.2, 0.25) is 0 Å². The zero-order valence-electron chi connectivity index (χ0n) is 14.4. The molecule has 136 valence electrons. The molecular formula is C18H18N2O6. The number of fused-ring (bicyclic) bond motifs is 1. The molecule has 0 aliphatic heterocycles. The van der Waals surface area contributed by atoms with Crippen LogP contribution in [0.5, 0.6) is 0 Å². The van der Waals surface area contributed by atoms with Crippen molar-refractivity contribution in [3.63, 3.8) is 0 Å². The normalized spacial score (nSPS) is 11.5. The summed E-state index contributed by atoms with van der Waals surface area (Å²) in [5, 5.41) is 15.3. The second kappa shape index (κ2) is 8.61. The molecule has 8 heteroatoms. The quantitative estimate of drug-likeness (QED) is 0.368. The summed E-state index contributed by atoms with van der Waals surface area (Å²) >= 11 is 0. The number of nitrogens with zero attached hydrogens (tertiary/aromatic N) is 1. The van der Waals surface area contributed by atoms with E-state index in [2.05, 4.69) is 5.32 Å². The highest BCUT2D eigenvalue weighted by Crippen LogP contribution is 2.26. The van der Waals surface area contributed by atoms with Crippen molar-refractivity contribution in [1.82, 2.24) is 5.32 Å². The summed E-state index contributed by atoms with van der Waals surface area (Å²) in [6, 6.07) is 12.2. The number of carbonyl (C=O) groups excluding carboxylic acids is 2. The maximum Gasteiger partial charge on any atom is 0.412 e. The van der Waals surface area contributed by atoms with Crippen LogP contribution in [0.15, 0.2) is 48.2 Å². The molecule has 0 unspecified atom stereocenters. The van der Waals surface area contributed by atoms with Crippen molar-refractivity contribution in [2.24, 2.45) is 0 Å². The van der Waals surface area contributed by atoms with Crippen molar-refractivity contribution in [2.75, 3.05) is 13.2 Å². The van der Waals surface area contributed by atoms with Crippen LogP contribution in [0, 0.1) is 10.1 Å². The first-order valence-corrected chi connectivity index (χ1v) is 7.97. The SMILES string of the molecule is CCOC(=O)N/C(=C(/C(=O)OCC)[N+](=O)[O-])c1cccc2ccccc12. The van der Waals surface area contributed by atoms with Crippen molar-refractivity contribution in [3.05, 3.63) is 63.8 Å². The minimum atomic E-state index is -1.14. The smallest absolute Gasteiger partial charge is 0.412 e. The molecule has 26 heavy (non-hydrogen) atoms. The molecule has 1 N–H and O–H groups in total. The van der Waals surface area contributed by atoms with E-state index in [0.717, 1.165) is 5.39 Å². The van der Waals surface area contributed by atoms with Gasteiger partial charge < -0.3 is 9.47 Å². The average molecular weight is 358 g/mol. The summed E-state index contributed by atoms with van der Waals surface area (Å²) in [4.78, 5) is 34.8. The summed E-state index contributed by atoms with van der Waals surface area (Å²) in [5.41, 5.74) is -0.823. The zero-order chi connectivity index (χ0) is 19.1. The summed E-state index contributed by atoms with van der Waals surface area (Å²) in [6.07, 6.45) is -0.904. The fraction of sp³-hybridized carbons (Fsp3) is 0.222. The lowest BCUT2D eigenvalue weighted by Gasteiger charge is -2.13. The van der Waals surface area contributed by atoms with Gasteiger partial charge in [0.15, 0.2) is 0 Å². The first-order valence-electron chi connectivity index (χ1n) is 7.97. The highest BCUT2D eigenvalue weighted by atomic mass is 16.6. The molecule has 2 rings (SSSR count). The van der Waals surface area contributed by atoms with Gasteiger partial charge in [0, 0.05) is 5.56 Å². The van der Waals surface area contributed by atoms with Crippen molar-refractivity contribution in [3.8, 4) is 0 Å². The van der Waals surface area contributed by atoms with E-state index in [1.165, 1.54) is 6.92 Å². The number of rotatable bonds is 6. The van der Waals surface area contributed by atoms with Crippen LogP contribution in [-0.4, -0.2) is 30.2 Å². The van der Waals surface area contributed by atoms with Gasteiger partial charge in [-0.3, -0.25) is 15.4 Å². The maximum atomic E-state index is 12.2. The lowest BCUT2D eigenvalue weighted by Crippen LogP contribution is -2.28. The minimum absolute atomic E-state index is 0.0433. The third kappa shape index (κ3) is 4.15. The van der Waals surface area contributed by atoms with E-state index in [0.29, 0.717) is 10.9 Å². The molecule has 2 aromatic rings. The number of hydrogen-bond acceptors (Lipinski definition) is 6. The summed E-state index contributed by atoms with van der Waals surface area (Å²) in [5.74, 6) is -1.14. The number of nitro groups is 1. The van der Waals surface area contributed by atoms with Crippen molar-refractivity contribution in [1.29, 1.82) is 0 Å². The standard InChI is InChI=1S/C18H18N2O6/c1-3-25-17(21)16(20(23)24)15(19-18(22)26-4-2)14-11-7-9-12-8-5-6-10-13(12)14/h5-11H,3-4H2,1-2H3,(H,19,22)/b16-15-. The summed E-state index contributed by atoms with van der Waals surface area (Å²) in [7, 11) is 0. The van der Waals surface area contributed by atoms with Gasteiger partial charge in [0.25, 0.3) is 0 Å². The zero-order valence-corrected chi connectivity index (χ0v) is 14.4. The Balaban J connectivity index is 2.73. The molecule has 0 aliphatic carbocycles. The van der Waals surface area contributed by atoms with Crippen LogP contribution in [-0.2, 0) is 14.3 Å². The highest BCUT2D eigenvalue weighted by molar-refractivity contribution is 6.03. The van der Waals surface area contributed by atoms with Crippen molar-refractivity contribution < 1.29 is 24.0 Å². The highest BCUT2D eigenvalue weighted by Gasteiger charge is 2.32. The fourth-order valence-electron chi connectivity index (χ4n) is 2.43. The molecule has 1 amide bonds. The third-order valence-electron chi connectivity index (χ3n) is 3.45. The number of ether oxygens (including phenoxy) is 2. The van der Waals surface area contributed by atoms with Gasteiger partial charge in [-0.25, -0.2) is 9.59 Å². The van der Waals surface area contributed by atoms with Gasteiger partial charge >= 0.3 is 17.8 Å². The molecule has 8 nitrogen and oxygen atoms in total. The number of carbonyl (C=O) groups is 2. The number of alkyl carbamates (subject to hydrolysis) is 1. The Kier molecular flexibility index (Phi) is 6.26. The Hall–Kier alpha value is -3.42. The molecular weight excluding hydrogens is 340 g/mol. The van der Waals surface area contributed by atoms with E-state index in [4.69, 9.17) is 9.47 Å². The second-order valence-corrected chi connectivity index (χ2v) is 5.07. The molecule has 0 saturated heterocycles. The molecule has 0 aliphatic rings. The average Bonchev–Trinajstić information content (AvgIpc) is 2.61. The van der Waals surface area contributed by atoms with Crippen LogP contribution < -0.4 is 5.32 Å². The predicted molar refractivity (Wildman–Crippen MR) is 94.7 cm³/mol. The van der Waals surface area contributed by atoms with Gasteiger partial charge in [0.1, 0.15) is 5.70 Å². The van der Waals surface area contributed by atoms with E-state index < -0.39 is 22.7 Å². The largest absolute Gasteiger partial charge is 0.458 e. The van der Waals surface area contributed by atoms with E-state index in [9.17, 15) is 19.7 Å². The van der Waals surface area contributed by atoms with Gasteiger partial charge in [-0.15, -0.1) is 0 Å². The number of amides is 1. The van der Waals surface area contributed by atoms with Gasteiger partial charge in [-0.05, 0) is 24.6 Å². The lowest BCUT2D eigenvalue weighted by molar-refractivity contribution is -0.420. The molecule has 0 saturated carbocycles. The van der Waals surface area contributed by atoms with Crippen molar-refractivity contribution >= 4 is 28.5 Å². The van der Waals surface area contributed by atoms with Crippen LogP contribution in [0.3, 0.4) is 0 Å². The van der Waals surface area contributed by atoms with Gasteiger partial charge in [0.2, 0.25) is 0 Å². The Morgan fingerprint density at radius 3 is 2.35 bits per heavy atom. The van der Waals surface area contributed by atoms with Gasteiger partial charge in [-0.1, -0.05) is 42.5 Å². The molecule has 0 heterocycles. The van der Waals surface area contributed by atoms with Crippen LogP contribution in [0.25, 0.3) is 16.5 Å². The Morgan fingerprint density at radius 2 is 1.69 bits per heavy atom. The summed E-state index contributed by atoms with van der Waals surface area (Å²) in [6.45, 7) is 3.16. The predicted octanol–water partition coefficient (Wildman–Crippen LogP) is 3.09. The van der Waals surface area contributed by atoms with Crippen LogP contribution >= 0.6 is 0 Å².